The number of amides is 1. The van der Waals surface area contributed by atoms with Gasteiger partial charge in [-0.25, -0.2) is 9.37 Å². The zero-order valence-electron chi connectivity index (χ0n) is 22.2. The van der Waals surface area contributed by atoms with Gasteiger partial charge in [-0.2, -0.15) is 0 Å². The molecule has 1 aliphatic rings. The molecule has 7 nitrogen and oxygen atoms in total. The highest BCUT2D eigenvalue weighted by molar-refractivity contribution is 7.22. The molecule has 0 saturated carbocycles. The van der Waals surface area contributed by atoms with Crippen LogP contribution >= 0.6 is 11.3 Å². The molecular weight excluding hydrogens is 531 g/mol. The van der Waals surface area contributed by atoms with E-state index in [4.69, 9.17) is 9.47 Å². The lowest BCUT2D eigenvalue weighted by atomic mass is 9.95. The molecule has 1 amide bonds. The molecule has 3 aromatic carbocycles. The van der Waals surface area contributed by atoms with Crippen LogP contribution in [0.15, 0.2) is 72.3 Å². The Balaban J connectivity index is 1.59. The number of ether oxygens (including phenoxy) is 2. The third-order valence-corrected chi connectivity index (χ3v) is 7.57. The smallest absolute Gasteiger partial charge is 0.301 e. The first-order valence-corrected chi connectivity index (χ1v) is 14.1. The summed E-state index contributed by atoms with van der Waals surface area (Å²) in [6.45, 7) is 5.22. The van der Waals surface area contributed by atoms with Gasteiger partial charge in [0, 0.05) is 5.56 Å². The summed E-state index contributed by atoms with van der Waals surface area (Å²) >= 11 is 1.11. The number of unbranched alkanes of at least 4 members (excludes halogenated alkanes) is 1. The van der Waals surface area contributed by atoms with Gasteiger partial charge in [-0.05, 0) is 73.0 Å². The molecule has 206 valence electrons. The van der Waals surface area contributed by atoms with Crippen molar-refractivity contribution in [2.45, 2.75) is 39.2 Å². The first-order valence-electron chi connectivity index (χ1n) is 13.2. The van der Waals surface area contributed by atoms with Crippen LogP contribution < -0.4 is 14.4 Å². The topological polar surface area (TPSA) is 89.0 Å². The van der Waals surface area contributed by atoms with Gasteiger partial charge in [-0.15, -0.1) is 0 Å². The number of rotatable bonds is 10. The van der Waals surface area contributed by atoms with Crippen LogP contribution in [-0.2, 0) is 9.59 Å². The molecule has 1 fully saturated rings. The van der Waals surface area contributed by atoms with Crippen LogP contribution in [0.2, 0.25) is 0 Å². The van der Waals surface area contributed by atoms with Gasteiger partial charge in [0.05, 0.1) is 35.0 Å². The van der Waals surface area contributed by atoms with Crippen molar-refractivity contribution in [1.82, 2.24) is 4.98 Å². The summed E-state index contributed by atoms with van der Waals surface area (Å²) < 4.78 is 25.8. The van der Waals surface area contributed by atoms with Gasteiger partial charge in [0.1, 0.15) is 23.1 Å². The van der Waals surface area contributed by atoms with Gasteiger partial charge in [0.25, 0.3) is 5.78 Å². The van der Waals surface area contributed by atoms with Crippen molar-refractivity contribution >= 4 is 44.1 Å². The lowest BCUT2D eigenvalue weighted by molar-refractivity contribution is -0.132. The van der Waals surface area contributed by atoms with Crippen LogP contribution in [-0.4, -0.2) is 35.0 Å². The van der Waals surface area contributed by atoms with E-state index in [1.807, 2.05) is 6.92 Å². The SMILES string of the molecule is CCCCOc1ccc(C2/C(=C(\O)c3ccc(OCCC)cc3)C(=O)C(=O)N2c2nc3ccc(F)cc3s2)cc1. The van der Waals surface area contributed by atoms with E-state index in [-0.39, 0.29) is 16.5 Å². The number of hydrogen-bond donors (Lipinski definition) is 1. The van der Waals surface area contributed by atoms with Gasteiger partial charge < -0.3 is 14.6 Å². The first kappa shape index (κ1) is 27.3. The molecule has 1 aliphatic heterocycles. The zero-order valence-corrected chi connectivity index (χ0v) is 23.0. The van der Waals surface area contributed by atoms with E-state index in [0.717, 1.165) is 30.6 Å². The van der Waals surface area contributed by atoms with E-state index >= 15 is 0 Å². The third-order valence-electron chi connectivity index (χ3n) is 6.55. The Kier molecular flexibility index (Phi) is 8.11. The number of thiazole rings is 1. The standard InChI is InChI=1S/C31H29FN2O5S/c1-3-5-17-39-23-11-6-19(7-12-23)27-26(28(35)20-8-13-22(14-9-20)38-16-4-2)29(36)30(37)34(27)31-33-24-15-10-21(32)18-25(24)40-31/h6-15,18,27,35H,3-5,16-17H2,1-2H3/b28-26+. The molecule has 1 saturated heterocycles. The summed E-state index contributed by atoms with van der Waals surface area (Å²) in [5.41, 5.74) is 1.41. The summed E-state index contributed by atoms with van der Waals surface area (Å²) in [5, 5.41) is 11.6. The highest BCUT2D eigenvalue weighted by Crippen LogP contribution is 2.44. The van der Waals surface area contributed by atoms with Gasteiger partial charge in [-0.1, -0.05) is 43.7 Å². The van der Waals surface area contributed by atoms with Crippen molar-refractivity contribution in [3.8, 4) is 11.5 Å². The molecule has 1 atom stereocenters. The Morgan fingerprint density at radius 2 is 1.62 bits per heavy atom. The van der Waals surface area contributed by atoms with Crippen LogP contribution in [0.5, 0.6) is 11.5 Å². The number of nitrogens with zero attached hydrogens (tertiary/aromatic N) is 2. The van der Waals surface area contributed by atoms with Crippen LogP contribution in [0, 0.1) is 5.82 Å². The summed E-state index contributed by atoms with van der Waals surface area (Å²) in [6.07, 6.45) is 2.78. The van der Waals surface area contributed by atoms with Crippen molar-refractivity contribution in [2.24, 2.45) is 0 Å². The highest BCUT2D eigenvalue weighted by atomic mass is 32.1. The maximum absolute atomic E-state index is 13.9. The number of Topliss-reactive ketones (excluding diaryl/α,β-unsaturated/α-hetero) is 1. The monoisotopic (exact) mass is 560 g/mol. The zero-order chi connectivity index (χ0) is 28.2. The predicted octanol–water partition coefficient (Wildman–Crippen LogP) is 7.03. The second kappa shape index (κ2) is 11.9. The molecule has 0 radical (unpaired) electrons. The second-order valence-electron chi connectivity index (χ2n) is 9.42. The van der Waals surface area contributed by atoms with Crippen LogP contribution in [0.1, 0.15) is 50.3 Å². The maximum atomic E-state index is 13.9. The van der Waals surface area contributed by atoms with Crippen LogP contribution in [0.25, 0.3) is 16.0 Å². The lowest BCUT2D eigenvalue weighted by Gasteiger charge is -2.23. The Labute approximate surface area is 235 Å². The Bertz CT molecular complexity index is 1560. The van der Waals surface area contributed by atoms with Gasteiger partial charge in [0.15, 0.2) is 5.13 Å². The van der Waals surface area contributed by atoms with Gasteiger partial charge >= 0.3 is 5.91 Å². The first-order chi connectivity index (χ1) is 19.4. The second-order valence-corrected chi connectivity index (χ2v) is 10.4. The van der Waals surface area contributed by atoms with Crippen molar-refractivity contribution in [3.63, 3.8) is 0 Å². The van der Waals surface area contributed by atoms with E-state index in [1.54, 1.807) is 48.5 Å². The number of aliphatic hydroxyl groups is 1. The van der Waals surface area contributed by atoms with Gasteiger partial charge in [-0.3, -0.25) is 14.5 Å². The number of aliphatic hydroxyl groups excluding tert-OH is 1. The molecule has 1 N–H and O–H groups in total. The molecule has 2 heterocycles. The average molecular weight is 561 g/mol. The van der Waals surface area contributed by atoms with E-state index in [2.05, 4.69) is 11.9 Å². The van der Waals surface area contributed by atoms with E-state index < -0.39 is 23.5 Å². The number of fused-ring (bicyclic) bond motifs is 1. The predicted molar refractivity (Wildman–Crippen MR) is 153 cm³/mol. The minimum atomic E-state index is -0.953. The molecule has 4 aromatic rings. The molecule has 1 unspecified atom stereocenters. The molecule has 9 heteroatoms. The normalized spacial score (nSPS) is 16.6. The number of aromatic nitrogens is 1. The number of hydrogen-bond acceptors (Lipinski definition) is 7. The fraction of sp³-hybridized carbons (Fsp3) is 0.258. The summed E-state index contributed by atoms with van der Waals surface area (Å²) in [5.74, 6) is -1.09. The molecule has 0 aliphatic carbocycles. The summed E-state index contributed by atoms with van der Waals surface area (Å²) in [7, 11) is 0. The summed E-state index contributed by atoms with van der Waals surface area (Å²) in [6, 6.07) is 17.0. The van der Waals surface area contributed by atoms with E-state index in [1.165, 1.54) is 23.1 Å². The number of anilines is 1. The Hall–Kier alpha value is -4.24. The van der Waals surface area contributed by atoms with Crippen LogP contribution in [0.3, 0.4) is 0 Å². The Morgan fingerprint density at radius 3 is 2.30 bits per heavy atom. The van der Waals surface area contributed by atoms with E-state index in [9.17, 15) is 19.1 Å². The minimum Gasteiger partial charge on any atom is -0.507 e. The number of ketones is 1. The highest BCUT2D eigenvalue weighted by Gasteiger charge is 2.48. The van der Waals surface area contributed by atoms with Crippen molar-refractivity contribution in [2.75, 3.05) is 18.1 Å². The minimum absolute atomic E-state index is 0.0580. The summed E-state index contributed by atoms with van der Waals surface area (Å²) in [4.78, 5) is 32.7. The Morgan fingerprint density at radius 1 is 0.950 bits per heavy atom. The molecular formula is C31H29FN2O5S. The van der Waals surface area contributed by atoms with Crippen molar-refractivity contribution in [1.29, 1.82) is 0 Å². The molecule has 40 heavy (non-hydrogen) atoms. The number of carbonyl (C=O) groups excluding carboxylic acids is 2. The fourth-order valence-corrected chi connectivity index (χ4v) is 5.52. The molecule has 1 aromatic heterocycles. The average Bonchev–Trinajstić information content (AvgIpc) is 3.49. The number of carbonyl (C=O) groups is 2. The lowest BCUT2D eigenvalue weighted by Crippen LogP contribution is -2.29. The maximum Gasteiger partial charge on any atom is 0.301 e. The van der Waals surface area contributed by atoms with E-state index in [0.29, 0.717) is 46.1 Å². The number of benzene rings is 3. The molecule has 5 rings (SSSR count). The largest absolute Gasteiger partial charge is 0.507 e. The fourth-order valence-electron chi connectivity index (χ4n) is 4.50. The molecule has 0 bridgehead atoms. The number of halogens is 1. The third kappa shape index (κ3) is 5.42. The van der Waals surface area contributed by atoms with Gasteiger partial charge in [0.2, 0.25) is 0 Å². The quantitative estimate of drug-likeness (QED) is 0.0970. The van der Waals surface area contributed by atoms with Crippen molar-refractivity contribution < 1.29 is 28.6 Å². The van der Waals surface area contributed by atoms with Crippen molar-refractivity contribution in [3.05, 3.63) is 89.2 Å². The van der Waals surface area contributed by atoms with Crippen LogP contribution in [0.4, 0.5) is 9.52 Å². The molecule has 0 spiro atoms.